The van der Waals surface area contributed by atoms with E-state index in [1.54, 1.807) is 0 Å². The number of aliphatic hydroxyl groups excluding tert-OH is 1. The van der Waals surface area contributed by atoms with Gasteiger partial charge in [0.25, 0.3) is 0 Å². The van der Waals surface area contributed by atoms with Crippen molar-refractivity contribution in [2.24, 2.45) is 5.92 Å². The van der Waals surface area contributed by atoms with Crippen LogP contribution in [0, 0.1) is 17.2 Å². The van der Waals surface area contributed by atoms with Gasteiger partial charge < -0.3 is 10.0 Å². The SMILES string of the molecule is N#Cc1ccc(S(=O)(=O)CCN2CCCC(CO)C2)cc1. The van der Waals surface area contributed by atoms with Crippen LogP contribution in [0.15, 0.2) is 29.2 Å². The molecule has 1 heterocycles. The number of likely N-dealkylation sites (tertiary alicyclic amines) is 1. The molecule has 1 unspecified atom stereocenters. The average Bonchev–Trinajstić information content (AvgIpc) is 2.53. The van der Waals surface area contributed by atoms with Crippen molar-refractivity contribution in [1.29, 1.82) is 5.26 Å². The van der Waals surface area contributed by atoms with Crippen LogP contribution in [0.2, 0.25) is 0 Å². The molecule has 114 valence electrons. The van der Waals surface area contributed by atoms with E-state index in [1.165, 1.54) is 24.3 Å². The first kappa shape index (κ1) is 16.0. The van der Waals surface area contributed by atoms with Gasteiger partial charge in [0.1, 0.15) is 0 Å². The third-order valence-corrected chi connectivity index (χ3v) is 5.59. The normalized spacial score (nSPS) is 20.1. The van der Waals surface area contributed by atoms with Gasteiger partial charge in [0, 0.05) is 19.7 Å². The molecule has 0 bridgehead atoms. The molecule has 0 aliphatic carbocycles. The Morgan fingerprint density at radius 1 is 1.33 bits per heavy atom. The van der Waals surface area contributed by atoms with Crippen LogP contribution in [0.1, 0.15) is 18.4 Å². The summed E-state index contributed by atoms with van der Waals surface area (Å²) < 4.78 is 24.5. The lowest BCUT2D eigenvalue weighted by atomic mass is 9.99. The summed E-state index contributed by atoms with van der Waals surface area (Å²) in [6, 6.07) is 7.99. The summed E-state index contributed by atoms with van der Waals surface area (Å²) in [6.45, 7) is 2.30. The Hall–Kier alpha value is -1.42. The molecule has 21 heavy (non-hydrogen) atoms. The zero-order chi connectivity index (χ0) is 15.3. The zero-order valence-corrected chi connectivity index (χ0v) is 12.7. The molecule has 1 aromatic rings. The number of rotatable bonds is 5. The molecule has 6 heteroatoms. The molecule has 0 radical (unpaired) electrons. The van der Waals surface area contributed by atoms with Crippen molar-refractivity contribution >= 4 is 9.84 Å². The Morgan fingerprint density at radius 2 is 2.05 bits per heavy atom. The van der Waals surface area contributed by atoms with Gasteiger partial charge in [0.05, 0.1) is 22.3 Å². The minimum Gasteiger partial charge on any atom is -0.396 e. The van der Waals surface area contributed by atoms with Gasteiger partial charge in [-0.05, 0) is 49.6 Å². The topological polar surface area (TPSA) is 81.4 Å². The fourth-order valence-corrected chi connectivity index (χ4v) is 3.89. The van der Waals surface area contributed by atoms with Gasteiger partial charge in [-0.25, -0.2) is 8.42 Å². The largest absolute Gasteiger partial charge is 0.396 e. The maximum atomic E-state index is 12.3. The maximum Gasteiger partial charge on any atom is 0.179 e. The molecule has 2 rings (SSSR count). The van der Waals surface area contributed by atoms with E-state index in [9.17, 15) is 13.5 Å². The summed E-state index contributed by atoms with van der Waals surface area (Å²) in [4.78, 5) is 2.36. The predicted octanol–water partition coefficient (Wildman–Crippen LogP) is 1.04. The van der Waals surface area contributed by atoms with Crippen LogP contribution in [-0.4, -0.2) is 50.4 Å². The quantitative estimate of drug-likeness (QED) is 0.879. The molecule has 1 atom stereocenters. The number of nitrogens with zero attached hydrogens (tertiary/aromatic N) is 2. The monoisotopic (exact) mass is 308 g/mol. The van der Waals surface area contributed by atoms with E-state index >= 15 is 0 Å². The number of piperidine rings is 1. The predicted molar refractivity (Wildman–Crippen MR) is 79.5 cm³/mol. The van der Waals surface area contributed by atoms with Crippen molar-refractivity contribution in [3.8, 4) is 6.07 Å². The Balaban J connectivity index is 1.96. The van der Waals surface area contributed by atoms with Gasteiger partial charge in [0.15, 0.2) is 9.84 Å². The smallest absolute Gasteiger partial charge is 0.179 e. The molecule has 1 fully saturated rings. The van der Waals surface area contributed by atoms with Gasteiger partial charge in [-0.15, -0.1) is 0 Å². The maximum absolute atomic E-state index is 12.3. The molecule has 0 aromatic heterocycles. The first-order chi connectivity index (χ1) is 10.0. The van der Waals surface area contributed by atoms with E-state index in [-0.39, 0.29) is 23.2 Å². The van der Waals surface area contributed by atoms with Crippen molar-refractivity contribution in [2.45, 2.75) is 17.7 Å². The summed E-state index contributed by atoms with van der Waals surface area (Å²) in [5, 5.41) is 17.9. The first-order valence-electron chi connectivity index (χ1n) is 7.11. The van der Waals surface area contributed by atoms with E-state index in [4.69, 9.17) is 5.26 Å². The van der Waals surface area contributed by atoms with E-state index in [0.717, 1.165) is 25.9 Å². The third kappa shape index (κ3) is 4.27. The highest BCUT2D eigenvalue weighted by Gasteiger charge is 2.21. The number of nitriles is 1. The number of sulfone groups is 1. The van der Waals surface area contributed by atoms with E-state index < -0.39 is 9.84 Å². The minimum atomic E-state index is -3.32. The molecular weight excluding hydrogens is 288 g/mol. The molecule has 1 aliphatic heterocycles. The highest BCUT2D eigenvalue weighted by molar-refractivity contribution is 7.91. The molecule has 1 N–H and O–H groups in total. The standard InChI is InChI=1S/C15H20N2O3S/c16-10-13-3-5-15(6-4-13)21(19,20)9-8-17-7-1-2-14(11-17)12-18/h3-6,14,18H,1-2,7-9,11-12H2. The Kier molecular flexibility index (Phi) is 5.34. The van der Waals surface area contributed by atoms with Crippen molar-refractivity contribution < 1.29 is 13.5 Å². The summed E-state index contributed by atoms with van der Waals surface area (Å²) >= 11 is 0. The number of benzene rings is 1. The zero-order valence-electron chi connectivity index (χ0n) is 11.9. The van der Waals surface area contributed by atoms with Gasteiger partial charge in [-0.1, -0.05) is 0 Å². The molecule has 1 saturated heterocycles. The molecule has 5 nitrogen and oxygen atoms in total. The number of hydrogen-bond donors (Lipinski definition) is 1. The van der Waals surface area contributed by atoms with Crippen molar-refractivity contribution in [2.75, 3.05) is 32.0 Å². The van der Waals surface area contributed by atoms with E-state index in [1.807, 2.05) is 6.07 Å². The molecule has 1 aliphatic rings. The summed E-state index contributed by atoms with van der Waals surface area (Å²) in [6.07, 6.45) is 2.01. The molecular formula is C15H20N2O3S. The Morgan fingerprint density at radius 3 is 2.67 bits per heavy atom. The summed E-state index contributed by atoms with van der Waals surface area (Å²) in [5.41, 5.74) is 0.454. The van der Waals surface area contributed by atoms with Gasteiger partial charge in [-0.3, -0.25) is 0 Å². The second-order valence-electron chi connectivity index (χ2n) is 5.45. The summed E-state index contributed by atoms with van der Waals surface area (Å²) in [7, 11) is -3.32. The van der Waals surface area contributed by atoms with Gasteiger partial charge in [0.2, 0.25) is 0 Å². The highest BCUT2D eigenvalue weighted by atomic mass is 32.2. The Bertz CT molecular complexity index is 605. The molecule has 0 amide bonds. The van der Waals surface area contributed by atoms with Crippen molar-refractivity contribution in [3.05, 3.63) is 29.8 Å². The fraction of sp³-hybridized carbons (Fsp3) is 0.533. The van der Waals surface area contributed by atoms with Crippen LogP contribution in [0.25, 0.3) is 0 Å². The summed E-state index contributed by atoms with van der Waals surface area (Å²) in [5.74, 6) is 0.327. The van der Waals surface area contributed by atoms with Crippen LogP contribution >= 0.6 is 0 Å². The van der Waals surface area contributed by atoms with Crippen LogP contribution in [0.4, 0.5) is 0 Å². The Labute approximate surface area is 125 Å². The van der Waals surface area contributed by atoms with E-state index in [0.29, 0.717) is 12.1 Å². The van der Waals surface area contributed by atoms with Crippen LogP contribution < -0.4 is 0 Å². The fourth-order valence-electron chi connectivity index (χ4n) is 2.61. The van der Waals surface area contributed by atoms with Crippen molar-refractivity contribution in [1.82, 2.24) is 4.90 Å². The van der Waals surface area contributed by atoms with Crippen LogP contribution in [0.5, 0.6) is 0 Å². The second-order valence-corrected chi connectivity index (χ2v) is 7.56. The second kappa shape index (κ2) is 7.03. The third-order valence-electron chi connectivity index (χ3n) is 3.88. The lowest BCUT2D eigenvalue weighted by Crippen LogP contribution is -2.39. The van der Waals surface area contributed by atoms with Gasteiger partial charge >= 0.3 is 0 Å². The number of hydrogen-bond acceptors (Lipinski definition) is 5. The lowest BCUT2D eigenvalue weighted by Gasteiger charge is -2.31. The lowest BCUT2D eigenvalue weighted by molar-refractivity contribution is 0.125. The molecule has 0 saturated carbocycles. The number of aliphatic hydroxyl groups is 1. The molecule has 1 aromatic carbocycles. The van der Waals surface area contributed by atoms with Crippen LogP contribution in [-0.2, 0) is 9.84 Å². The van der Waals surface area contributed by atoms with Crippen molar-refractivity contribution in [3.63, 3.8) is 0 Å². The molecule has 0 spiro atoms. The average molecular weight is 308 g/mol. The van der Waals surface area contributed by atoms with Gasteiger partial charge in [-0.2, -0.15) is 5.26 Å². The highest BCUT2D eigenvalue weighted by Crippen LogP contribution is 2.17. The minimum absolute atomic E-state index is 0.0665. The van der Waals surface area contributed by atoms with E-state index in [2.05, 4.69) is 4.90 Å². The first-order valence-corrected chi connectivity index (χ1v) is 8.76. The van der Waals surface area contributed by atoms with Crippen LogP contribution in [0.3, 0.4) is 0 Å².